The Morgan fingerprint density at radius 3 is 2.69 bits per heavy atom. The fraction of sp³-hybridized carbons (Fsp3) is 0.889. The molecule has 1 saturated carbocycles. The number of rotatable bonds is 5. The lowest BCUT2D eigenvalue weighted by Gasteiger charge is -2.15. The number of hydrogen-bond donors (Lipinski definition) is 3. The largest absolute Gasteiger partial charge is 0.392 e. The van der Waals surface area contributed by atoms with Crippen molar-refractivity contribution >= 4 is 5.91 Å². The van der Waals surface area contributed by atoms with Gasteiger partial charge in [0.05, 0.1) is 12.1 Å². The molecule has 13 heavy (non-hydrogen) atoms. The van der Waals surface area contributed by atoms with E-state index in [1.807, 2.05) is 0 Å². The van der Waals surface area contributed by atoms with E-state index in [0.717, 1.165) is 12.8 Å². The summed E-state index contributed by atoms with van der Waals surface area (Å²) in [6, 6.07) is -0.224. The van der Waals surface area contributed by atoms with Crippen LogP contribution in [0.25, 0.3) is 0 Å². The lowest BCUT2D eigenvalue weighted by Crippen LogP contribution is -2.43. The molecule has 0 aliphatic heterocycles. The van der Waals surface area contributed by atoms with Gasteiger partial charge in [-0.25, -0.2) is 0 Å². The van der Waals surface area contributed by atoms with Gasteiger partial charge in [0.1, 0.15) is 0 Å². The fourth-order valence-corrected chi connectivity index (χ4v) is 1.25. The molecule has 0 bridgehead atoms. The van der Waals surface area contributed by atoms with Crippen molar-refractivity contribution in [2.75, 3.05) is 13.6 Å². The Kier molecular flexibility index (Phi) is 3.69. The molecule has 1 amide bonds. The van der Waals surface area contributed by atoms with Crippen LogP contribution in [0, 0.1) is 5.92 Å². The molecule has 0 aromatic carbocycles. The summed E-state index contributed by atoms with van der Waals surface area (Å²) in [6.07, 6.45) is 1.96. The molecule has 0 aromatic heterocycles. The zero-order chi connectivity index (χ0) is 9.84. The normalized spacial score (nSPS) is 20.8. The van der Waals surface area contributed by atoms with E-state index in [2.05, 4.69) is 10.6 Å². The molecule has 76 valence electrons. The van der Waals surface area contributed by atoms with E-state index < -0.39 is 0 Å². The van der Waals surface area contributed by atoms with Gasteiger partial charge in [0.15, 0.2) is 0 Å². The number of aliphatic hydroxyl groups is 1. The third kappa shape index (κ3) is 3.32. The smallest absolute Gasteiger partial charge is 0.236 e. The maximum Gasteiger partial charge on any atom is 0.236 e. The predicted octanol–water partition coefficient (Wildman–Crippen LogP) is -0.519. The number of carbonyl (C=O) groups excluding carboxylic acids is 1. The molecule has 2 atom stereocenters. The molecule has 0 saturated heterocycles. The molecule has 3 N–H and O–H groups in total. The quantitative estimate of drug-likeness (QED) is 0.541. The molecule has 0 radical (unpaired) electrons. The Morgan fingerprint density at radius 2 is 2.23 bits per heavy atom. The number of hydrogen-bond acceptors (Lipinski definition) is 3. The van der Waals surface area contributed by atoms with Gasteiger partial charge in [-0.3, -0.25) is 4.79 Å². The van der Waals surface area contributed by atoms with Crippen LogP contribution in [0.2, 0.25) is 0 Å². The molecule has 1 aliphatic rings. The van der Waals surface area contributed by atoms with Crippen LogP contribution in [0.1, 0.15) is 19.8 Å². The zero-order valence-electron chi connectivity index (χ0n) is 8.21. The minimum absolute atomic E-state index is 0.0389. The first-order valence-corrected chi connectivity index (χ1v) is 4.78. The third-order valence-corrected chi connectivity index (χ3v) is 2.44. The van der Waals surface area contributed by atoms with E-state index in [0.29, 0.717) is 12.5 Å². The van der Waals surface area contributed by atoms with Crippen molar-refractivity contribution in [3.63, 3.8) is 0 Å². The third-order valence-electron chi connectivity index (χ3n) is 2.44. The van der Waals surface area contributed by atoms with Gasteiger partial charge < -0.3 is 15.7 Å². The molecular weight excluding hydrogens is 168 g/mol. The van der Waals surface area contributed by atoms with Gasteiger partial charge in [0.25, 0.3) is 0 Å². The highest BCUT2D eigenvalue weighted by atomic mass is 16.3. The molecule has 2 unspecified atom stereocenters. The van der Waals surface area contributed by atoms with Crippen LogP contribution >= 0.6 is 0 Å². The van der Waals surface area contributed by atoms with Crippen LogP contribution in [-0.4, -0.2) is 36.8 Å². The van der Waals surface area contributed by atoms with Gasteiger partial charge in [0.2, 0.25) is 5.91 Å². The van der Waals surface area contributed by atoms with Crippen LogP contribution in [0.4, 0.5) is 0 Å². The SMILES string of the molecule is CNC(=O)C(C)NCC(O)C1CC1. The van der Waals surface area contributed by atoms with Crippen molar-refractivity contribution in [2.45, 2.75) is 31.9 Å². The predicted molar refractivity (Wildman–Crippen MR) is 50.3 cm³/mol. The standard InChI is InChI=1S/C9H18N2O2/c1-6(9(13)10-2)11-5-8(12)7-3-4-7/h6-8,11-12H,3-5H2,1-2H3,(H,10,13). The molecule has 1 rings (SSSR count). The van der Waals surface area contributed by atoms with Crippen LogP contribution in [0.3, 0.4) is 0 Å². The lowest BCUT2D eigenvalue weighted by molar-refractivity contribution is -0.122. The number of likely N-dealkylation sites (N-methyl/N-ethyl adjacent to an activating group) is 1. The van der Waals surface area contributed by atoms with Gasteiger partial charge in [-0.05, 0) is 25.7 Å². The summed E-state index contributed by atoms with van der Waals surface area (Å²) in [5.74, 6) is 0.424. The van der Waals surface area contributed by atoms with Gasteiger partial charge in [-0.15, -0.1) is 0 Å². The summed E-state index contributed by atoms with van der Waals surface area (Å²) in [4.78, 5) is 11.1. The summed E-state index contributed by atoms with van der Waals surface area (Å²) in [7, 11) is 1.61. The van der Waals surface area contributed by atoms with E-state index in [1.54, 1.807) is 14.0 Å². The van der Waals surface area contributed by atoms with Crippen molar-refractivity contribution in [1.29, 1.82) is 0 Å². The van der Waals surface area contributed by atoms with Crippen LogP contribution in [0.5, 0.6) is 0 Å². The number of carbonyl (C=O) groups is 1. The van der Waals surface area contributed by atoms with Crippen LogP contribution < -0.4 is 10.6 Å². The lowest BCUT2D eigenvalue weighted by atomic mass is 10.2. The number of aliphatic hydroxyl groups excluding tert-OH is 1. The van der Waals surface area contributed by atoms with Gasteiger partial charge >= 0.3 is 0 Å². The summed E-state index contributed by atoms with van der Waals surface area (Å²) < 4.78 is 0. The van der Waals surface area contributed by atoms with Crippen molar-refractivity contribution in [2.24, 2.45) is 5.92 Å². The summed E-state index contributed by atoms with van der Waals surface area (Å²) in [6.45, 7) is 2.30. The molecule has 0 aromatic rings. The van der Waals surface area contributed by atoms with E-state index in [9.17, 15) is 9.90 Å². The molecule has 1 fully saturated rings. The van der Waals surface area contributed by atoms with E-state index in [4.69, 9.17) is 0 Å². The first-order chi connectivity index (χ1) is 6.15. The summed E-state index contributed by atoms with van der Waals surface area (Å²) in [5, 5.41) is 15.0. The molecule has 4 nitrogen and oxygen atoms in total. The Labute approximate surface area is 78.7 Å². The second-order valence-corrected chi connectivity index (χ2v) is 3.65. The Balaban J connectivity index is 2.13. The molecular formula is C9H18N2O2. The number of amides is 1. The van der Waals surface area contributed by atoms with Gasteiger partial charge in [0, 0.05) is 13.6 Å². The highest BCUT2D eigenvalue weighted by Crippen LogP contribution is 2.32. The Hall–Kier alpha value is -0.610. The van der Waals surface area contributed by atoms with Gasteiger partial charge in [-0.1, -0.05) is 0 Å². The number of nitrogens with one attached hydrogen (secondary N) is 2. The van der Waals surface area contributed by atoms with Crippen molar-refractivity contribution in [3.05, 3.63) is 0 Å². The Morgan fingerprint density at radius 1 is 1.62 bits per heavy atom. The average molecular weight is 186 g/mol. The molecule has 4 heteroatoms. The monoisotopic (exact) mass is 186 g/mol. The fourth-order valence-electron chi connectivity index (χ4n) is 1.25. The average Bonchev–Trinajstić information content (AvgIpc) is 2.95. The first-order valence-electron chi connectivity index (χ1n) is 4.78. The summed E-state index contributed by atoms with van der Waals surface area (Å²) in [5.41, 5.74) is 0. The van der Waals surface area contributed by atoms with E-state index in [1.165, 1.54) is 0 Å². The first kappa shape index (κ1) is 10.5. The zero-order valence-corrected chi connectivity index (χ0v) is 8.21. The second-order valence-electron chi connectivity index (χ2n) is 3.65. The Bertz CT molecular complexity index is 180. The minimum atomic E-state index is -0.285. The highest BCUT2D eigenvalue weighted by molar-refractivity contribution is 5.80. The summed E-state index contributed by atoms with van der Waals surface area (Å²) >= 11 is 0. The molecule has 0 spiro atoms. The van der Waals surface area contributed by atoms with Crippen molar-refractivity contribution in [3.8, 4) is 0 Å². The van der Waals surface area contributed by atoms with Crippen molar-refractivity contribution < 1.29 is 9.90 Å². The van der Waals surface area contributed by atoms with E-state index in [-0.39, 0.29) is 18.1 Å². The van der Waals surface area contributed by atoms with E-state index >= 15 is 0 Å². The van der Waals surface area contributed by atoms with Crippen molar-refractivity contribution in [1.82, 2.24) is 10.6 Å². The molecule has 1 aliphatic carbocycles. The maximum atomic E-state index is 11.1. The minimum Gasteiger partial charge on any atom is -0.392 e. The second kappa shape index (κ2) is 4.58. The van der Waals surface area contributed by atoms with Gasteiger partial charge in [-0.2, -0.15) is 0 Å². The van der Waals surface area contributed by atoms with Crippen LogP contribution in [0.15, 0.2) is 0 Å². The maximum absolute atomic E-state index is 11.1. The highest BCUT2D eigenvalue weighted by Gasteiger charge is 2.29. The van der Waals surface area contributed by atoms with Crippen LogP contribution in [-0.2, 0) is 4.79 Å². The molecule has 0 heterocycles. The topological polar surface area (TPSA) is 61.4 Å².